The topological polar surface area (TPSA) is 82.9 Å². The van der Waals surface area contributed by atoms with Crippen molar-refractivity contribution < 1.29 is 8.42 Å². The predicted octanol–water partition coefficient (Wildman–Crippen LogP) is 0.418. The van der Waals surface area contributed by atoms with Crippen LogP contribution < -0.4 is 0 Å². The number of azide groups is 1. The number of hydrogen-bond donors (Lipinski definition) is 0. The second-order valence-electron chi connectivity index (χ2n) is 0.753. The summed E-state index contributed by atoms with van der Waals surface area (Å²) in [6.45, 7) is 0. The first kappa shape index (κ1) is 6.13. The maximum Gasteiger partial charge on any atom is 0.381 e. The SMILES string of the molecule is [CH2+]S(=O)(=O)N=[N+]=[N-]. The third kappa shape index (κ3) is 5.13. The molecule has 5 nitrogen and oxygen atoms in total. The van der Waals surface area contributed by atoms with Crippen LogP contribution in [0.4, 0.5) is 0 Å². The molecule has 0 aromatic rings. The quantitative estimate of drug-likeness (QED) is 0.217. The summed E-state index contributed by atoms with van der Waals surface area (Å²) in [7, 11) is -3.72. The van der Waals surface area contributed by atoms with Crippen molar-refractivity contribution in [3.05, 3.63) is 16.7 Å². The Morgan fingerprint density at radius 2 is 2.14 bits per heavy atom. The third-order valence-electron chi connectivity index (χ3n) is 0.161. The number of hydrogen-bond acceptors (Lipinski definition) is 2. The van der Waals surface area contributed by atoms with Crippen LogP contribution >= 0.6 is 0 Å². The highest BCUT2D eigenvalue weighted by Gasteiger charge is 2.00. The van der Waals surface area contributed by atoms with E-state index < -0.39 is 10.0 Å². The van der Waals surface area contributed by atoms with Gasteiger partial charge in [-0.15, -0.1) is 0 Å². The maximum atomic E-state index is 9.70. The van der Waals surface area contributed by atoms with E-state index in [1.54, 1.807) is 0 Å². The smallest absolute Gasteiger partial charge is 0.174 e. The molecule has 0 atom stereocenters. The standard InChI is InChI=1S/CH2N3O2S/c1-7(5,6)4-3-2/h1H2/q+1. The summed E-state index contributed by atoms with van der Waals surface area (Å²) >= 11 is 0. The second kappa shape index (κ2) is 1.72. The van der Waals surface area contributed by atoms with Gasteiger partial charge >= 0.3 is 10.0 Å². The molecule has 0 aliphatic rings. The van der Waals surface area contributed by atoms with Crippen LogP contribution in [0, 0.1) is 6.26 Å². The Bertz CT molecular complexity index is 185. The van der Waals surface area contributed by atoms with Crippen LogP contribution in [0.25, 0.3) is 10.4 Å². The lowest BCUT2D eigenvalue weighted by Gasteiger charge is -1.62. The van der Waals surface area contributed by atoms with Crippen LogP contribution in [0.15, 0.2) is 4.52 Å². The molecule has 0 heterocycles. The van der Waals surface area contributed by atoms with Crippen molar-refractivity contribution in [2.24, 2.45) is 4.52 Å². The molecule has 0 aliphatic carbocycles. The molecule has 0 spiro atoms. The average Bonchev–Trinajstić information content (AvgIpc) is 1.30. The third-order valence-corrected chi connectivity index (χ3v) is 0.483. The Labute approximate surface area is 40.6 Å². The van der Waals surface area contributed by atoms with Crippen molar-refractivity contribution in [1.82, 2.24) is 0 Å². The van der Waals surface area contributed by atoms with Gasteiger partial charge in [-0.3, -0.25) is 0 Å². The van der Waals surface area contributed by atoms with Crippen molar-refractivity contribution in [2.45, 2.75) is 0 Å². The fraction of sp³-hybridized carbons (Fsp3) is 0. The predicted molar refractivity (Wildman–Crippen MR) is 23.4 cm³/mol. The summed E-state index contributed by atoms with van der Waals surface area (Å²) in [4.78, 5) is 1.98. The molecule has 7 heavy (non-hydrogen) atoms. The summed E-state index contributed by atoms with van der Waals surface area (Å²) in [6, 6.07) is 0. The van der Waals surface area contributed by atoms with E-state index in [0.717, 1.165) is 0 Å². The van der Waals surface area contributed by atoms with E-state index in [9.17, 15) is 8.42 Å². The van der Waals surface area contributed by atoms with Gasteiger partial charge in [0, 0.05) is 4.91 Å². The zero-order valence-corrected chi connectivity index (χ0v) is 4.09. The van der Waals surface area contributed by atoms with Crippen molar-refractivity contribution in [2.75, 3.05) is 0 Å². The Balaban J connectivity index is 4.44. The van der Waals surface area contributed by atoms with E-state index in [1.807, 2.05) is 4.91 Å². The zero-order valence-electron chi connectivity index (χ0n) is 3.27. The van der Waals surface area contributed by atoms with E-state index >= 15 is 0 Å². The van der Waals surface area contributed by atoms with E-state index in [4.69, 9.17) is 5.53 Å². The summed E-state index contributed by atoms with van der Waals surface area (Å²) in [5.74, 6) is 0. The molecule has 0 N–H and O–H groups in total. The molecule has 0 rings (SSSR count). The largest absolute Gasteiger partial charge is 0.381 e. The molecule has 0 aromatic heterocycles. The first-order chi connectivity index (χ1) is 3.06. The minimum absolute atomic E-state index is 1.98. The van der Waals surface area contributed by atoms with Crippen molar-refractivity contribution >= 4 is 10.0 Å². The minimum atomic E-state index is -3.72. The van der Waals surface area contributed by atoms with Crippen molar-refractivity contribution in [3.8, 4) is 0 Å². The lowest BCUT2D eigenvalue weighted by atomic mass is 12.0. The minimum Gasteiger partial charge on any atom is -0.174 e. The molecule has 0 aromatic carbocycles. The first-order valence-corrected chi connectivity index (χ1v) is 2.81. The van der Waals surface area contributed by atoms with E-state index in [2.05, 4.69) is 10.8 Å². The van der Waals surface area contributed by atoms with Crippen LogP contribution in [0.3, 0.4) is 0 Å². The molecule has 0 radical (unpaired) electrons. The first-order valence-electron chi connectivity index (χ1n) is 1.20. The van der Waals surface area contributed by atoms with Crippen LogP contribution in [-0.4, -0.2) is 8.42 Å². The summed E-state index contributed by atoms with van der Waals surface area (Å²) in [6.07, 6.45) is 2.51. The van der Waals surface area contributed by atoms with Gasteiger partial charge in [0.1, 0.15) is 0 Å². The maximum absolute atomic E-state index is 9.70. The van der Waals surface area contributed by atoms with Gasteiger partial charge in [0.25, 0.3) is 0 Å². The van der Waals surface area contributed by atoms with E-state index in [1.165, 1.54) is 0 Å². The Hall–Kier alpha value is -0.870. The summed E-state index contributed by atoms with van der Waals surface area (Å²) < 4.78 is 21.7. The van der Waals surface area contributed by atoms with Crippen LogP contribution in [0.5, 0.6) is 0 Å². The van der Waals surface area contributed by atoms with Gasteiger partial charge in [0.2, 0.25) is 0 Å². The van der Waals surface area contributed by atoms with Gasteiger partial charge in [-0.05, 0) is 5.53 Å². The highest BCUT2D eigenvalue weighted by atomic mass is 32.2. The molecule has 0 bridgehead atoms. The van der Waals surface area contributed by atoms with Gasteiger partial charge in [-0.25, -0.2) is 0 Å². The van der Waals surface area contributed by atoms with Gasteiger partial charge in [0.15, 0.2) is 6.26 Å². The monoisotopic (exact) mass is 120 g/mol. The number of nitrogens with zero attached hydrogens (tertiary/aromatic N) is 3. The Kier molecular flexibility index (Phi) is 1.51. The van der Waals surface area contributed by atoms with Crippen LogP contribution in [0.1, 0.15) is 0 Å². The molecule has 0 saturated heterocycles. The molecular weight excluding hydrogens is 118 g/mol. The molecule has 0 amide bonds. The van der Waals surface area contributed by atoms with Gasteiger partial charge < -0.3 is 0 Å². The van der Waals surface area contributed by atoms with E-state index in [0.29, 0.717) is 0 Å². The Morgan fingerprint density at radius 3 is 2.14 bits per heavy atom. The number of sulfonamides is 1. The number of rotatable bonds is 1. The Morgan fingerprint density at radius 1 is 1.71 bits per heavy atom. The second-order valence-corrected chi connectivity index (χ2v) is 2.08. The van der Waals surface area contributed by atoms with Gasteiger partial charge in [0.05, 0.1) is 4.52 Å². The molecule has 6 heteroatoms. The van der Waals surface area contributed by atoms with Gasteiger partial charge in [-0.1, -0.05) is 0 Å². The molecule has 38 valence electrons. The average molecular weight is 120 g/mol. The highest BCUT2D eigenvalue weighted by Crippen LogP contribution is 1.84. The van der Waals surface area contributed by atoms with Crippen molar-refractivity contribution in [1.29, 1.82) is 0 Å². The lowest BCUT2D eigenvalue weighted by Crippen LogP contribution is -1.80. The van der Waals surface area contributed by atoms with Crippen LogP contribution in [-0.2, 0) is 10.0 Å². The highest BCUT2D eigenvalue weighted by molar-refractivity contribution is 7.91. The molecule has 0 unspecified atom stereocenters. The normalized spacial score (nSPS) is 9.71. The lowest BCUT2D eigenvalue weighted by molar-refractivity contribution is 0.605. The van der Waals surface area contributed by atoms with E-state index in [-0.39, 0.29) is 0 Å². The van der Waals surface area contributed by atoms with Crippen LogP contribution in [0.2, 0.25) is 0 Å². The molecule has 0 fully saturated rings. The summed E-state index contributed by atoms with van der Waals surface area (Å²) in [5.41, 5.74) is 7.44. The molecular formula is CH2N3O2S+. The molecule has 0 saturated carbocycles. The fourth-order valence-electron chi connectivity index (χ4n) is 0.0556. The fourth-order valence-corrected chi connectivity index (χ4v) is 0.167. The van der Waals surface area contributed by atoms with Gasteiger partial charge in [-0.2, -0.15) is 8.42 Å². The van der Waals surface area contributed by atoms with Crippen molar-refractivity contribution in [3.63, 3.8) is 0 Å². The molecule has 0 aliphatic heterocycles. The summed E-state index contributed by atoms with van der Waals surface area (Å²) in [5, 5.41) is 0. The zero-order chi connectivity index (χ0) is 5.91.